The van der Waals surface area contributed by atoms with Crippen molar-refractivity contribution in [3.05, 3.63) is 0 Å². The lowest BCUT2D eigenvalue weighted by atomic mass is 10.00. The van der Waals surface area contributed by atoms with Crippen molar-refractivity contribution in [3.63, 3.8) is 0 Å². The van der Waals surface area contributed by atoms with Gasteiger partial charge in [0.15, 0.2) is 0 Å². The van der Waals surface area contributed by atoms with Crippen molar-refractivity contribution in [3.8, 4) is 0 Å². The molecular formula is C11H22N2O2. The van der Waals surface area contributed by atoms with Crippen LogP contribution in [0.15, 0.2) is 0 Å². The van der Waals surface area contributed by atoms with Crippen molar-refractivity contribution in [2.75, 3.05) is 20.6 Å². The van der Waals surface area contributed by atoms with Crippen LogP contribution < -0.4 is 5.32 Å². The Morgan fingerprint density at radius 3 is 2.33 bits per heavy atom. The van der Waals surface area contributed by atoms with Gasteiger partial charge in [-0.25, -0.2) is 0 Å². The van der Waals surface area contributed by atoms with Crippen molar-refractivity contribution in [1.82, 2.24) is 10.2 Å². The van der Waals surface area contributed by atoms with Crippen LogP contribution in [0.1, 0.15) is 26.7 Å². The smallest absolute Gasteiger partial charge is 0.236 e. The lowest BCUT2D eigenvalue weighted by Gasteiger charge is -2.32. The quantitative estimate of drug-likeness (QED) is 0.749. The molecule has 1 fully saturated rings. The number of rotatable bonds is 3. The van der Waals surface area contributed by atoms with Gasteiger partial charge in [-0.15, -0.1) is 0 Å². The highest BCUT2D eigenvalue weighted by Crippen LogP contribution is 2.18. The van der Waals surface area contributed by atoms with E-state index in [1.807, 2.05) is 0 Å². The van der Waals surface area contributed by atoms with Gasteiger partial charge in [0.05, 0.1) is 18.8 Å². The van der Waals surface area contributed by atoms with E-state index < -0.39 is 0 Å². The summed E-state index contributed by atoms with van der Waals surface area (Å²) in [6.07, 6.45) is 2.57. The van der Waals surface area contributed by atoms with E-state index in [1.54, 1.807) is 19.0 Å². The number of ether oxygens (including phenoxy) is 1. The molecule has 0 aromatic rings. The summed E-state index contributed by atoms with van der Waals surface area (Å²) < 4.78 is 5.64. The molecule has 0 radical (unpaired) electrons. The summed E-state index contributed by atoms with van der Waals surface area (Å²) >= 11 is 0. The highest BCUT2D eigenvalue weighted by molar-refractivity contribution is 5.77. The van der Waals surface area contributed by atoms with Crippen molar-refractivity contribution in [2.24, 2.45) is 0 Å². The normalized spacial score (nSPS) is 31.3. The van der Waals surface area contributed by atoms with E-state index in [9.17, 15) is 4.79 Å². The van der Waals surface area contributed by atoms with Gasteiger partial charge < -0.3 is 15.0 Å². The number of hydrogen-bond acceptors (Lipinski definition) is 3. The van der Waals surface area contributed by atoms with E-state index in [0.717, 1.165) is 12.8 Å². The fraction of sp³-hybridized carbons (Fsp3) is 0.909. The summed E-state index contributed by atoms with van der Waals surface area (Å²) in [7, 11) is 3.55. The largest absolute Gasteiger partial charge is 0.375 e. The highest BCUT2D eigenvalue weighted by Gasteiger charge is 2.24. The Morgan fingerprint density at radius 1 is 1.33 bits per heavy atom. The lowest BCUT2D eigenvalue weighted by Crippen LogP contribution is -2.45. The van der Waals surface area contributed by atoms with Crippen molar-refractivity contribution < 1.29 is 9.53 Å². The number of hydrogen-bond donors (Lipinski definition) is 1. The minimum Gasteiger partial charge on any atom is -0.375 e. The Kier molecular flexibility index (Phi) is 4.54. The zero-order chi connectivity index (χ0) is 11.4. The molecule has 1 heterocycles. The first-order chi connectivity index (χ1) is 6.99. The maximum Gasteiger partial charge on any atom is 0.236 e. The first kappa shape index (κ1) is 12.5. The molecule has 0 aliphatic carbocycles. The van der Waals surface area contributed by atoms with Crippen molar-refractivity contribution in [1.29, 1.82) is 0 Å². The third-order valence-electron chi connectivity index (χ3n) is 2.74. The zero-order valence-electron chi connectivity index (χ0n) is 10.1. The van der Waals surface area contributed by atoms with E-state index >= 15 is 0 Å². The van der Waals surface area contributed by atoms with E-state index in [0.29, 0.717) is 24.8 Å². The number of amides is 1. The number of nitrogens with zero attached hydrogens (tertiary/aromatic N) is 1. The second-order valence-corrected chi connectivity index (χ2v) is 4.59. The number of carbonyl (C=O) groups excluding carboxylic acids is 1. The van der Waals surface area contributed by atoms with Crippen molar-refractivity contribution in [2.45, 2.75) is 44.9 Å². The molecule has 1 aliphatic rings. The summed E-state index contributed by atoms with van der Waals surface area (Å²) in [4.78, 5) is 13.0. The average Bonchev–Trinajstić information content (AvgIpc) is 2.12. The third-order valence-corrected chi connectivity index (χ3v) is 2.74. The van der Waals surface area contributed by atoms with Crippen LogP contribution in [0.25, 0.3) is 0 Å². The molecule has 4 heteroatoms. The Labute approximate surface area is 92.0 Å². The first-order valence-corrected chi connectivity index (χ1v) is 5.58. The fourth-order valence-electron chi connectivity index (χ4n) is 1.96. The van der Waals surface area contributed by atoms with Gasteiger partial charge in [0, 0.05) is 20.1 Å². The van der Waals surface area contributed by atoms with Crippen LogP contribution in [0.4, 0.5) is 0 Å². The molecule has 15 heavy (non-hydrogen) atoms. The fourth-order valence-corrected chi connectivity index (χ4v) is 1.96. The van der Waals surface area contributed by atoms with E-state index in [4.69, 9.17) is 4.74 Å². The molecule has 1 amide bonds. The SMILES string of the molecule is CC1CC(NCC(=O)N(C)C)CC(C)O1. The minimum atomic E-state index is 0.127. The van der Waals surface area contributed by atoms with Crippen molar-refractivity contribution >= 4 is 5.91 Å². The Morgan fingerprint density at radius 2 is 1.87 bits per heavy atom. The van der Waals surface area contributed by atoms with E-state index in [2.05, 4.69) is 19.2 Å². The molecular weight excluding hydrogens is 192 g/mol. The van der Waals surface area contributed by atoms with Gasteiger partial charge in [-0.05, 0) is 26.7 Å². The number of likely N-dealkylation sites (N-methyl/N-ethyl adjacent to an activating group) is 1. The van der Waals surface area contributed by atoms with Gasteiger partial charge >= 0.3 is 0 Å². The van der Waals surface area contributed by atoms with Gasteiger partial charge in [-0.1, -0.05) is 0 Å². The van der Waals surface area contributed by atoms with Gasteiger partial charge in [0.25, 0.3) is 0 Å². The molecule has 1 rings (SSSR count). The summed E-state index contributed by atoms with van der Waals surface area (Å²) in [5.41, 5.74) is 0. The second kappa shape index (κ2) is 5.47. The standard InChI is InChI=1S/C11H22N2O2/c1-8-5-10(6-9(2)15-8)12-7-11(14)13(3)4/h8-10,12H,5-7H2,1-4H3. The summed E-state index contributed by atoms with van der Waals surface area (Å²) in [6, 6.07) is 0.410. The minimum absolute atomic E-state index is 0.127. The van der Waals surface area contributed by atoms with E-state index in [1.165, 1.54) is 0 Å². The lowest BCUT2D eigenvalue weighted by molar-refractivity contribution is -0.128. The molecule has 2 atom stereocenters. The molecule has 0 aromatic carbocycles. The zero-order valence-corrected chi connectivity index (χ0v) is 10.1. The van der Waals surface area contributed by atoms with Crippen LogP contribution >= 0.6 is 0 Å². The predicted molar refractivity (Wildman–Crippen MR) is 59.7 cm³/mol. The average molecular weight is 214 g/mol. The van der Waals surface area contributed by atoms with E-state index in [-0.39, 0.29) is 5.91 Å². The first-order valence-electron chi connectivity index (χ1n) is 5.58. The maximum absolute atomic E-state index is 11.4. The molecule has 1 N–H and O–H groups in total. The summed E-state index contributed by atoms with van der Waals surface area (Å²) in [5, 5.41) is 3.29. The number of carbonyl (C=O) groups is 1. The van der Waals surface area contributed by atoms with Crippen LogP contribution in [0.3, 0.4) is 0 Å². The predicted octanol–water partition coefficient (Wildman–Crippen LogP) is 0.620. The van der Waals surface area contributed by atoms with Crippen LogP contribution in [0.5, 0.6) is 0 Å². The third kappa shape index (κ3) is 4.18. The second-order valence-electron chi connectivity index (χ2n) is 4.59. The molecule has 1 aliphatic heterocycles. The Balaban J connectivity index is 2.29. The monoisotopic (exact) mass is 214 g/mol. The molecule has 1 saturated heterocycles. The van der Waals surface area contributed by atoms with Gasteiger partial charge in [0.2, 0.25) is 5.91 Å². The van der Waals surface area contributed by atoms with Crippen LogP contribution in [0, 0.1) is 0 Å². The van der Waals surface area contributed by atoms with Crippen LogP contribution in [0.2, 0.25) is 0 Å². The molecule has 0 saturated carbocycles. The topological polar surface area (TPSA) is 41.6 Å². The maximum atomic E-state index is 11.4. The molecule has 88 valence electrons. The van der Waals surface area contributed by atoms with Crippen LogP contribution in [-0.2, 0) is 9.53 Å². The summed E-state index contributed by atoms with van der Waals surface area (Å²) in [6.45, 7) is 4.59. The summed E-state index contributed by atoms with van der Waals surface area (Å²) in [5.74, 6) is 0.127. The number of nitrogens with one attached hydrogen (secondary N) is 1. The molecule has 0 bridgehead atoms. The Bertz CT molecular complexity index is 209. The van der Waals surface area contributed by atoms with Gasteiger partial charge in [-0.3, -0.25) is 4.79 Å². The van der Waals surface area contributed by atoms with Crippen LogP contribution in [-0.4, -0.2) is 49.7 Å². The van der Waals surface area contributed by atoms with Gasteiger partial charge in [0.1, 0.15) is 0 Å². The molecule has 4 nitrogen and oxygen atoms in total. The Hall–Kier alpha value is -0.610. The molecule has 0 aromatic heterocycles. The van der Waals surface area contributed by atoms with Gasteiger partial charge in [-0.2, -0.15) is 0 Å². The highest BCUT2D eigenvalue weighted by atomic mass is 16.5. The molecule has 0 spiro atoms. The molecule has 2 unspecified atom stereocenters.